The molecule has 2 rings (SSSR count). The van der Waals surface area contributed by atoms with Crippen LogP contribution in [0, 0.1) is 5.92 Å². The van der Waals surface area contributed by atoms with Crippen LogP contribution in [0.1, 0.15) is 37.9 Å². The highest BCUT2D eigenvalue weighted by Gasteiger charge is 2.35. The minimum atomic E-state index is -4.76. The van der Waals surface area contributed by atoms with Gasteiger partial charge in [-0.2, -0.15) is 0 Å². The van der Waals surface area contributed by atoms with Crippen molar-refractivity contribution < 1.29 is 27.8 Å². The van der Waals surface area contributed by atoms with Gasteiger partial charge in [0.25, 0.3) is 0 Å². The Morgan fingerprint density at radius 1 is 1.29 bits per heavy atom. The average Bonchev–Trinajstić information content (AvgIpc) is 2.35. The number of benzene rings is 1. The molecular weight excluding hydrogens is 285 g/mol. The number of alkyl halides is 3. The summed E-state index contributed by atoms with van der Waals surface area (Å²) in [5.74, 6) is -0.0614. The van der Waals surface area contributed by atoms with Gasteiger partial charge in [-0.15, -0.1) is 13.2 Å². The lowest BCUT2D eigenvalue weighted by Crippen LogP contribution is -2.32. The van der Waals surface area contributed by atoms with Crippen LogP contribution in [0.4, 0.5) is 13.2 Å². The largest absolute Gasteiger partial charge is 0.573 e. The zero-order chi connectivity index (χ0) is 15.5. The van der Waals surface area contributed by atoms with Crippen LogP contribution in [-0.4, -0.2) is 24.2 Å². The molecule has 1 atom stereocenters. The van der Waals surface area contributed by atoms with Gasteiger partial charge in [0.15, 0.2) is 0 Å². The van der Waals surface area contributed by atoms with Gasteiger partial charge in [-0.1, -0.05) is 18.2 Å². The van der Waals surface area contributed by atoms with Gasteiger partial charge < -0.3 is 14.6 Å². The monoisotopic (exact) mass is 304 g/mol. The topological polar surface area (TPSA) is 38.7 Å². The summed E-state index contributed by atoms with van der Waals surface area (Å²) in [5.41, 5.74) is 0.176. The van der Waals surface area contributed by atoms with E-state index in [0.29, 0.717) is 13.0 Å². The van der Waals surface area contributed by atoms with E-state index in [1.54, 1.807) is 6.07 Å². The third kappa shape index (κ3) is 4.61. The SMILES string of the molecule is CCOC1CC(CC(O)c2ccccc2OC(F)(F)F)C1. The van der Waals surface area contributed by atoms with Gasteiger partial charge in [0, 0.05) is 12.2 Å². The van der Waals surface area contributed by atoms with Crippen molar-refractivity contribution in [2.24, 2.45) is 5.92 Å². The molecule has 0 radical (unpaired) electrons. The van der Waals surface area contributed by atoms with Gasteiger partial charge in [-0.25, -0.2) is 0 Å². The molecule has 0 aliphatic heterocycles. The van der Waals surface area contributed by atoms with E-state index in [2.05, 4.69) is 4.74 Å². The summed E-state index contributed by atoms with van der Waals surface area (Å²) in [6.45, 7) is 2.58. The van der Waals surface area contributed by atoms with Crippen molar-refractivity contribution in [1.29, 1.82) is 0 Å². The van der Waals surface area contributed by atoms with E-state index in [0.717, 1.165) is 12.8 Å². The fourth-order valence-electron chi connectivity index (χ4n) is 2.65. The smallest absolute Gasteiger partial charge is 0.405 e. The van der Waals surface area contributed by atoms with E-state index >= 15 is 0 Å². The summed E-state index contributed by atoms with van der Waals surface area (Å²) < 4.78 is 46.4. The maximum Gasteiger partial charge on any atom is 0.573 e. The van der Waals surface area contributed by atoms with Crippen LogP contribution < -0.4 is 4.74 Å². The fraction of sp³-hybridized carbons (Fsp3) is 0.600. The molecule has 1 aromatic rings. The minimum absolute atomic E-state index is 0.176. The molecule has 1 fully saturated rings. The Bertz CT molecular complexity index is 456. The normalized spacial score (nSPS) is 23.5. The van der Waals surface area contributed by atoms with E-state index < -0.39 is 12.5 Å². The molecule has 1 N–H and O–H groups in total. The standard InChI is InChI=1S/C15H19F3O3/c1-2-20-11-7-10(8-11)9-13(19)12-5-3-4-6-14(12)21-15(16,17)18/h3-6,10-11,13,19H,2,7-9H2,1H3. The molecule has 21 heavy (non-hydrogen) atoms. The van der Waals surface area contributed by atoms with Crippen molar-refractivity contribution in [2.45, 2.75) is 44.8 Å². The van der Waals surface area contributed by atoms with Crippen molar-refractivity contribution in [1.82, 2.24) is 0 Å². The quantitative estimate of drug-likeness (QED) is 0.868. The second-order valence-electron chi connectivity index (χ2n) is 5.25. The van der Waals surface area contributed by atoms with Crippen LogP contribution in [0.15, 0.2) is 24.3 Å². The van der Waals surface area contributed by atoms with Gasteiger partial charge in [0.1, 0.15) is 5.75 Å². The maximum atomic E-state index is 12.3. The average molecular weight is 304 g/mol. The molecule has 1 unspecified atom stereocenters. The number of aliphatic hydroxyl groups is 1. The lowest BCUT2D eigenvalue weighted by molar-refractivity contribution is -0.275. The summed E-state index contributed by atoms with van der Waals surface area (Å²) in [4.78, 5) is 0. The number of aliphatic hydroxyl groups excluding tert-OH is 1. The molecule has 0 heterocycles. The van der Waals surface area contributed by atoms with Gasteiger partial charge in [0.05, 0.1) is 12.2 Å². The van der Waals surface area contributed by atoms with E-state index in [1.807, 2.05) is 6.92 Å². The van der Waals surface area contributed by atoms with Crippen LogP contribution in [-0.2, 0) is 4.74 Å². The third-order valence-electron chi connectivity index (χ3n) is 3.66. The van der Waals surface area contributed by atoms with E-state index in [4.69, 9.17) is 4.74 Å². The van der Waals surface area contributed by atoms with Crippen LogP contribution in [0.25, 0.3) is 0 Å². The van der Waals surface area contributed by atoms with E-state index in [-0.39, 0.29) is 23.3 Å². The van der Waals surface area contributed by atoms with E-state index in [1.165, 1.54) is 18.2 Å². The number of ether oxygens (including phenoxy) is 2. The molecule has 118 valence electrons. The second-order valence-corrected chi connectivity index (χ2v) is 5.25. The lowest BCUT2D eigenvalue weighted by atomic mass is 9.78. The zero-order valence-electron chi connectivity index (χ0n) is 11.8. The summed E-state index contributed by atoms with van der Waals surface area (Å²) in [6, 6.07) is 5.72. The molecule has 0 bridgehead atoms. The molecule has 3 nitrogen and oxygen atoms in total. The molecule has 1 saturated carbocycles. The van der Waals surface area contributed by atoms with Crippen LogP contribution in [0.5, 0.6) is 5.75 Å². The Balaban J connectivity index is 1.95. The predicted octanol–water partition coefficient (Wildman–Crippen LogP) is 3.82. The molecule has 1 aliphatic carbocycles. The highest BCUT2D eigenvalue weighted by atomic mass is 19.4. The molecule has 0 amide bonds. The van der Waals surface area contributed by atoms with Gasteiger partial charge in [-0.3, -0.25) is 0 Å². The first kappa shape index (κ1) is 16.1. The Labute approximate surface area is 121 Å². The Hall–Kier alpha value is -1.27. The molecule has 0 saturated heterocycles. The Kier molecular flexibility index (Phi) is 5.11. The van der Waals surface area contributed by atoms with Crippen molar-refractivity contribution in [2.75, 3.05) is 6.61 Å². The number of para-hydroxylation sites is 1. The van der Waals surface area contributed by atoms with Crippen LogP contribution in [0.3, 0.4) is 0 Å². The van der Waals surface area contributed by atoms with Gasteiger partial charge >= 0.3 is 6.36 Å². The summed E-state index contributed by atoms with van der Waals surface area (Å²) in [7, 11) is 0. The first-order valence-electron chi connectivity index (χ1n) is 7.03. The van der Waals surface area contributed by atoms with Crippen molar-refractivity contribution in [3.63, 3.8) is 0 Å². The van der Waals surface area contributed by atoms with Crippen molar-refractivity contribution in [3.8, 4) is 5.75 Å². The Morgan fingerprint density at radius 3 is 2.57 bits per heavy atom. The van der Waals surface area contributed by atoms with Crippen LogP contribution in [0.2, 0.25) is 0 Å². The highest BCUT2D eigenvalue weighted by Crippen LogP contribution is 2.39. The molecular formula is C15H19F3O3. The van der Waals surface area contributed by atoms with Crippen molar-refractivity contribution in [3.05, 3.63) is 29.8 Å². The lowest BCUT2D eigenvalue weighted by Gasteiger charge is -2.36. The highest BCUT2D eigenvalue weighted by molar-refractivity contribution is 5.35. The fourth-order valence-corrected chi connectivity index (χ4v) is 2.65. The molecule has 0 spiro atoms. The first-order valence-corrected chi connectivity index (χ1v) is 7.03. The Morgan fingerprint density at radius 2 is 1.95 bits per heavy atom. The predicted molar refractivity (Wildman–Crippen MR) is 70.8 cm³/mol. The number of halogens is 3. The molecule has 0 aromatic heterocycles. The third-order valence-corrected chi connectivity index (χ3v) is 3.66. The maximum absolute atomic E-state index is 12.3. The molecule has 1 aromatic carbocycles. The van der Waals surface area contributed by atoms with Crippen LogP contribution >= 0.6 is 0 Å². The zero-order valence-corrected chi connectivity index (χ0v) is 11.8. The summed E-state index contributed by atoms with van der Waals surface area (Å²) >= 11 is 0. The second kappa shape index (κ2) is 6.66. The minimum Gasteiger partial charge on any atom is -0.405 e. The molecule has 6 heteroatoms. The first-order chi connectivity index (χ1) is 9.89. The summed E-state index contributed by atoms with van der Waals surface area (Å²) in [5, 5.41) is 10.2. The van der Waals surface area contributed by atoms with Gasteiger partial charge in [0.2, 0.25) is 0 Å². The van der Waals surface area contributed by atoms with Gasteiger partial charge in [-0.05, 0) is 38.2 Å². The molecule has 1 aliphatic rings. The summed E-state index contributed by atoms with van der Waals surface area (Å²) in [6.07, 6.45) is -3.40. The number of hydrogen-bond donors (Lipinski definition) is 1. The van der Waals surface area contributed by atoms with E-state index in [9.17, 15) is 18.3 Å². The number of rotatable bonds is 6. The van der Waals surface area contributed by atoms with Crippen molar-refractivity contribution >= 4 is 0 Å². The number of hydrogen-bond acceptors (Lipinski definition) is 3.